The molecule has 0 aliphatic rings. The number of carbonyl (C=O) groups is 1. The van der Waals surface area contributed by atoms with Crippen LogP contribution in [-0.2, 0) is 0 Å². The van der Waals surface area contributed by atoms with Crippen molar-refractivity contribution < 1.29 is 4.79 Å². The molecular formula is C9H6BrClN2O. The molecule has 0 N–H and O–H groups in total. The van der Waals surface area contributed by atoms with Crippen LogP contribution in [-0.4, -0.2) is 15.7 Å². The van der Waals surface area contributed by atoms with Crippen LogP contribution < -0.4 is 0 Å². The van der Waals surface area contributed by atoms with Crippen molar-refractivity contribution in [2.45, 2.75) is 6.92 Å². The van der Waals surface area contributed by atoms with Crippen molar-refractivity contribution in [1.82, 2.24) is 9.78 Å². The van der Waals surface area contributed by atoms with E-state index in [1.807, 2.05) is 6.07 Å². The summed E-state index contributed by atoms with van der Waals surface area (Å²) in [5.74, 6) is -0.126. The van der Waals surface area contributed by atoms with Gasteiger partial charge in [-0.3, -0.25) is 4.79 Å². The quantitative estimate of drug-likeness (QED) is 0.739. The lowest BCUT2D eigenvalue weighted by Gasteiger charge is -1.99. The average molecular weight is 274 g/mol. The van der Waals surface area contributed by atoms with Crippen molar-refractivity contribution in [3.8, 4) is 0 Å². The summed E-state index contributed by atoms with van der Waals surface area (Å²) in [6, 6.07) is 3.56. The van der Waals surface area contributed by atoms with Crippen LogP contribution in [0.15, 0.2) is 22.8 Å². The van der Waals surface area contributed by atoms with Crippen LogP contribution in [0, 0.1) is 0 Å². The predicted octanol–water partition coefficient (Wildman–Crippen LogP) is 3.11. The van der Waals surface area contributed by atoms with Gasteiger partial charge in [0.2, 0.25) is 5.91 Å². The Morgan fingerprint density at radius 3 is 2.93 bits per heavy atom. The summed E-state index contributed by atoms with van der Waals surface area (Å²) in [5, 5.41) is 5.42. The maximum absolute atomic E-state index is 11.2. The molecule has 0 amide bonds. The lowest BCUT2D eigenvalue weighted by Crippen LogP contribution is -2.06. The smallest absolute Gasteiger partial charge is 0.244 e. The maximum Gasteiger partial charge on any atom is 0.244 e. The van der Waals surface area contributed by atoms with Crippen LogP contribution >= 0.6 is 27.5 Å². The minimum absolute atomic E-state index is 0.126. The van der Waals surface area contributed by atoms with Gasteiger partial charge >= 0.3 is 0 Å². The number of halogens is 2. The minimum atomic E-state index is -0.126. The average Bonchev–Trinajstić information content (AvgIpc) is 2.48. The highest BCUT2D eigenvalue weighted by Crippen LogP contribution is 2.27. The van der Waals surface area contributed by atoms with E-state index in [4.69, 9.17) is 11.6 Å². The van der Waals surface area contributed by atoms with Crippen LogP contribution in [0.2, 0.25) is 5.02 Å². The highest BCUT2D eigenvalue weighted by molar-refractivity contribution is 9.10. The van der Waals surface area contributed by atoms with E-state index < -0.39 is 0 Å². The van der Waals surface area contributed by atoms with Gasteiger partial charge in [0.25, 0.3) is 0 Å². The van der Waals surface area contributed by atoms with E-state index in [0.717, 1.165) is 15.4 Å². The molecular weight excluding hydrogens is 267 g/mol. The standard InChI is InChI=1S/C9H6BrClN2O/c1-5(14)13-9-3-8(11)7(10)2-6(9)4-12-13/h2-4H,1H3. The summed E-state index contributed by atoms with van der Waals surface area (Å²) < 4.78 is 2.13. The molecule has 1 aromatic carbocycles. The van der Waals surface area contributed by atoms with E-state index in [9.17, 15) is 4.79 Å². The second-order valence-electron chi connectivity index (χ2n) is 2.90. The Balaban J connectivity index is 2.80. The van der Waals surface area contributed by atoms with Gasteiger partial charge in [-0.05, 0) is 28.1 Å². The first-order valence-electron chi connectivity index (χ1n) is 3.93. The molecule has 0 aliphatic carbocycles. The van der Waals surface area contributed by atoms with Crippen LogP contribution in [0.3, 0.4) is 0 Å². The zero-order chi connectivity index (χ0) is 10.3. The van der Waals surface area contributed by atoms with Crippen LogP contribution in [0.25, 0.3) is 10.9 Å². The van der Waals surface area contributed by atoms with E-state index in [1.165, 1.54) is 11.6 Å². The van der Waals surface area contributed by atoms with Crippen LogP contribution in [0.1, 0.15) is 11.7 Å². The molecule has 0 spiro atoms. The lowest BCUT2D eigenvalue weighted by atomic mass is 10.2. The number of carbonyl (C=O) groups excluding carboxylic acids is 1. The van der Waals surface area contributed by atoms with Gasteiger partial charge in [-0.25, -0.2) is 4.68 Å². The summed E-state index contributed by atoms with van der Waals surface area (Å²) in [5.41, 5.74) is 0.728. The minimum Gasteiger partial charge on any atom is -0.273 e. The Hall–Kier alpha value is -0.870. The van der Waals surface area contributed by atoms with Gasteiger partial charge in [0.1, 0.15) is 0 Å². The van der Waals surface area contributed by atoms with E-state index in [1.54, 1.807) is 12.3 Å². The number of rotatable bonds is 0. The molecule has 0 bridgehead atoms. The summed E-state index contributed by atoms with van der Waals surface area (Å²) in [7, 11) is 0. The predicted molar refractivity (Wildman–Crippen MR) is 58.7 cm³/mol. The van der Waals surface area contributed by atoms with Gasteiger partial charge in [-0.15, -0.1) is 0 Å². The summed E-state index contributed by atoms with van der Waals surface area (Å²) >= 11 is 9.23. The van der Waals surface area contributed by atoms with E-state index in [2.05, 4.69) is 21.0 Å². The monoisotopic (exact) mass is 272 g/mol. The molecule has 0 radical (unpaired) electrons. The number of nitrogens with zero attached hydrogens (tertiary/aromatic N) is 2. The molecule has 0 saturated heterocycles. The summed E-state index contributed by atoms with van der Waals surface area (Å²) in [4.78, 5) is 11.2. The third kappa shape index (κ3) is 1.44. The molecule has 0 atom stereocenters. The third-order valence-corrected chi connectivity index (χ3v) is 3.11. The first kappa shape index (κ1) is 9.68. The zero-order valence-electron chi connectivity index (χ0n) is 7.29. The van der Waals surface area contributed by atoms with Gasteiger partial charge in [-0.1, -0.05) is 11.6 Å². The summed E-state index contributed by atoms with van der Waals surface area (Å²) in [6.45, 7) is 1.46. The van der Waals surface area contributed by atoms with Gasteiger partial charge in [0.15, 0.2) is 0 Å². The number of hydrogen-bond acceptors (Lipinski definition) is 2. The van der Waals surface area contributed by atoms with Crippen LogP contribution in [0.4, 0.5) is 0 Å². The normalized spacial score (nSPS) is 10.8. The van der Waals surface area contributed by atoms with Crippen molar-refractivity contribution >= 4 is 44.3 Å². The first-order chi connectivity index (χ1) is 6.59. The fraction of sp³-hybridized carbons (Fsp3) is 0.111. The van der Waals surface area contributed by atoms with Crippen molar-refractivity contribution in [3.63, 3.8) is 0 Å². The van der Waals surface area contributed by atoms with Gasteiger partial charge in [0, 0.05) is 16.8 Å². The van der Waals surface area contributed by atoms with Gasteiger partial charge in [0.05, 0.1) is 16.7 Å². The molecule has 1 heterocycles. The second kappa shape index (κ2) is 3.37. The highest BCUT2D eigenvalue weighted by atomic mass is 79.9. The number of benzene rings is 1. The Labute approximate surface area is 93.8 Å². The molecule has 2 rings (SSSR count). The fourth-order valence-corrected chi connectivity index (χ4v) is 1.79. The van der Waals surface area contributed by atoms with Crippen molar-refractivity contribution in [2.75, 3.05) is 0 Å². The Kier molecular flexibility index (Phi) is 2.33. The van der Waals surface area contributed by atoms with Gasteiger partial charge < -0.3 is 0 Å². The maximum atomic E-state index is 11.2. The number of aromatic nitrogens is 2. The fourth-order valence-electron chi connectivity index (χ4n) is 1.27. The molecule has 0 fully saturated rings. The topological polar surface area (TPSA) is 34.9 Å². The SMILES string of the molecule is CC(=O)n1ncc2cc(Br)c(Cl)cc21. The highest BCUT2D eigenvalue weighted by Gasteiger charge is 2.08. The molecule has 0 saturated carbocycles. The second-order valence-corrected chi connectivity index (χ2v) is 4.16. The largest absolute Gasteiger partial charge is 0.273 e. The van der Waals surface area contributed by atoms with Gasteiger partial charge in [-0.2, -0.15) is 5.10 Å². The molecule has 14 heavy (non-hydrogen) atoms. The molecule has 0 aliphatic heterocycles. The molecule has 0 unspecified atom stereocenters. The molecule has 3 nitrogen and oxygen atoms in total. The molecule has 2 aromatic rings. The zero-order valence-corrected chi connectivity index (χ0v) is 9.63. The lowest BCUT2D eigenvalue weighted by molar-refractivity contribution is 0.0927. The number of hydrogen-bond donors (Lipinski definition) is 0. The van der Waals surface area contributed by atoms with Crippen molar-refractivity contribution in [3.05, 3.63) is 27.8 Å². The third-order valence-electron chi connectivity index (χ3n) is 1.91. The van der Waals surface area contributed by atoms with E-state index >= 15 is 0 Å². The summed E-state index contributed by atoms with van der Waals surface area (Å²) in [6.07, 6.45) is 1.64. The Bertz CT molecular complexity index is 521. The Morgan fingerprint density at radius 2 is 2.29 bits per heavy atom. The van der Waals surface area contributed by atoms with Crippen LogP contribution in [0.5, 0.6) is 0 Å². The van der Waals surface area contributed by atoms with Crippen molar-refractivity contribution in [2.24, 2.45) is 0 Å². The number of fused-ring (bicyclic) bond motifs is 1. The first-order valence-corrected chi connectivity index (χ1v) is 5.10. The molecule has 1 aromatic heterocycles. The van der Waals surface area contributed by atoms with Crippen molar-refractivity contribution in [1.29, 1.82) is 0 Å². The van der Waals surface area contributed by atoms with E-state index in [-0.39, 0.29) is 5.91 Å². The Morgan fingerprint density at radius 1 is 1.57 bits per heavy atom. The molecule has 5 heteroatoms. The molecule has 72 valence electrons. The van der Waals surface area contributed by atoms with E-state index in [0.29, 0.717) is 5.02 Å².